The topological polar surface area (TPSA) is 122 Å². The Kier molecular flexibility index (Phi) is 8.90. The highest BCUT2D eigenvalue weighted by molar-refractivity contribution is 6.36. The van der Waals surface area contributed by atoms with Gasteiger partial charge in [0.1, 0.15) is 17.2 Å². The highest BCUT2D eigenvalue weighted by atomic mass is 35.5. The Morgan fingerprint density at radius 3 is 2.34 bits per heavy atom. The van der Waals surface area contributed by atoms with Gasteiger partial charge in [0.05, 0.1) is 23.8 Å². The number of hydrogen-bond acceptors (Lipinski definition) is 6. The Morgan fingerprint density at radius 2 is 1.75 bits per heavy atom. The van der Waals surface area contributed by atoms with Crippen molar-refractivity contribution in [2.45, 2.75) is 40.0 Å². The van der Waals surface area contributed by atoms with Gasteiger partial charge in [-0.1, -0.05) is 24.9 Å². The fourth-order valence-corrected chi connectivity index (χ4v) is 3.30. The molecule has 1 amide bonds. The van der Waals surface area contributed by atoms with E-state index in [1.165, 1.54) is 13.0 Å². The van der Waals surface area contributed by atoms with Crippen LogP contribution in [0.3, 0.4) is 0 Å². The molecule has 172 valence electrons. The molecule has 0 aliphatic rings. The van der Waals surface area contributed by atoms with E-state index in [0.717, 1.165) is 6.42 Å². The summed E-state index contributed by atoms with van der Waals surface area (Å²) in [5.41, 5.74) is 1.75. The van der Waals surface area contributed by atoms with Crippen molar-refractivity contribution in [3.8, 4) is 17.2 Å². The molecule has 3 N–H and O–H groups in total. The molecule has 8 nitrogen and oxygen atoms in total. The van der Waals surface area contributed by atoms with Gasteiger partial charge in [-0.15, -0.1) is 0 Å². The number of anilines is 1. The maximum Gasteiger partial charge on any atom is 0.394 e. The Labute approximate surface area is 191 Å². The second-order valence-corrected chi connectivity index (χ2v) is 7.56. The van der Waals surface area contributed by atoms with Crippen LogP contribution in [0.25, 0.3) is 0 Å². The molecule has 0 aliphatic heterocycles. The molecule has 0 aromatic heterocycles. The minimum atomic E-state index is -1.59. The third-order valence-corrected chi connectivity index (χ3v) is 4.94. The molecule has 2 rings (SSSR count). The molecule has 0 unspecified atom stereocenters. The standard InChI is InChI=1S/C23H26ClNO7/c1-4-6-16-19(8-7-15(14(3)26)21(16)27)31-9-5-10-32-20-12-18(13(2)11-17(20)24)25-22(28)23(29)30/h7-8,11-12,27H,4-6,9-10H2,1-3H3,(H,25,28)(H,29,30). The highest BCUT2D eigenvalue weighted by Gasteiger charge is 2.17. The molecule has 32 heavy (non-hydrogen) atoms. The Morgan fingerprint density at radius 1 is 1.09 bits per heavy atom. The van der Waals surface area contributed by atoms with Crippen molar-refractivity contribution in [2.24, 2.45) is 0 Å². The summed E-state index contributed by atoms with van der Waals surface area (Å²) in [6.45, 7) is 5.59. The first kappa shape index (κ1) is 25.0. The number of Topliss-reactive ketones (excluding diaryl/α,β-unsaturated/α-hetero) is 1. The number of phenolic OH excluding ortho intramolecular Hbond substituents is 1. The Balaban J connectivity index is 1.98. The number of carbonyl (C=O) groups excluding carboxylic acids is 2. The summed E-state index contributed by atoms with van der Waals surface area (Å²) in [5, 5.41) is 21.8. The Bertz CT molecular complexity index is 1020. The molecular formula is C23H26ClNO7. The largest absolute Gasteiger partial charge is 0.507 e. The van der Waals surface area contributed by atoms with Crippen LogP contribution in [-0.2, 0) is 16.0 Å². The molecule has 0 saturated heterocycles. The van der Waals surface area contributed by atoms with E-state index >= 15 is 0 Å². The second-order valence-electron chi connectivity index (χ2n) is 7.15. The van der Waals surface area contributed by atoms with Crippen LogP contribution in [0.15, 0.2) is 24.3 Å². The zero-order valence-electron chi connectivity index (χ0n) is 18.2. The van der Waals surface area contributed by atoms with Crippen LogP contribution in [-0.4, -0.2) is 41.1 Å². The Hall–Kier alpha value is -3.26. The molecule has 9 heteroatoms. The lowest BCUT2D eigenvalue weighted by Gasteiger charge is -2.15. The number of ketones is 1. The minimum Gasteiger partial charge on any atom is -0.507 e. The molecular weight excluding hydrogens is 438 g/mol. The number of aryl methyl sites for hydroxylation is 1. The van der Waals surface area contributed by atoms with E-state index < -0.39 is 11.9 Å². The van der Waals surface area contributed by atoms with Crippen LogP contribution >= 0.6 is 11.6 Å². The van der Waals surface area contributed by atoms with Gasteiger partial charge < -0.3 is 25.0 Å². The summed E-state index contributed by atoms with van der Waals surface area (Å²) in [6, 6.07) is 6.26. The van der Waals surface area contributed by atoms with Crippen molar-refractivity contribution < 1.29 is 34.1 Å². The number of hydrogen-bond donors (Lipinski definition) is 3. The van der Waals surface area contributed by atoms with Crippen LogP contribution in [0.1, 0.15) is 48.2 Å². The average Bonchev–Trinajstić information content (AvgIpc) is 2.72. The number of halogens is 1. The zero-order chi connectivity index (χ0) is 23.8. The predicted octanol–water partition coefficient (Wildman–Crippen LogP) is 4.38. The number of rotatable bonds is 10. The number of carboxylic acids is 1. The van der Waals surface area contributed by atoms with Gasteiger partial charge in [-0.2, -0.15) is 0 Å². The van der Waals surface area contributed by atoms with Gasteiger partial charge >= 0.3 is 11.9 Å². The molecule has 0 atom stereocenters. The van der Waals surface area contributed by atoms with Crippen LogP contribution in [0.4, 0.5) is 5.69 Å². The van der Waals surface area contributed by atoms with Gasteiger partial charge in [0, 0.05) is 23.7 Å². The molecule has 0 bridgehead atoms. The van der Waals surface area contributed by atoms with Gasteiger partial charge in [0.15, 0.2) is 5.78 Å². The maximum atomic E-state index is 11.7. The fourth-order valence-electron chi connectivity index (χ4n) is 3.03. The van der Waals surface area contributed by atoms with Gasteiger partial charge in [-0.25, -0.2) is 4.79 Å². The van der Waals surface area contributed by atoms with Crippen molar-refractivity contribution in [1.29, 1.82) is 0 Å². The molecule has 0 saturated carbocycles. The van der Waals surface area contributed by atoms with E-state index in [1.54, 1.807) is 25.1 Å². The summed E-state index contributed by atoms with van der Waals surface area (Å²) < 4.78 is 11.4. The summed E-state index contributed by atoms with van der Waals surface area (Å²) >= 11 is 6.18. The van der Waals surface area contributed by atoms with Crippen LogP contribution < -0.4 is 14.8 Å². The van der Waals surface area contributed by atoms with E-state index in [9.17, 15) is 19.5 Å². The van der Waals surface area contributed by atoms with Crippen LogP contribution in [0, 0.1) is 6.92 Å². The van der Waals surface area contributed by atoms with E-state index in [1.807, 2.05) is 6.92 Å². The van der Waals surface area contributed by atoms with Gasteiger partial charge in [-0.05, 0) is 44.0 Å². The molecule has 0 radical (unpaired) electrons. The van der Waals surface area contributed by atoms with Gasteiger partial charge in [-0.3, -0.25) is 9.59 Å². The number of carbonyl (C=O) groups is 3. The molecule has 0 aliphatic carbocycles. The SMILES string of the molecule is CCCc1c(OCCCOc2cc(NC(=O)C(=O)O)c(C)cc2Cl)ccc(C(C)=O)c1O. The highest BCUT2D eigenvalue weighted by Crippen LogP contribution is 2.33. The number of aliphatic carboxylic acids is 1. The van der Waals surface area contributed by atoms with E-state index in [4.69, 9.17) is 26.2 Å². The third kappa shape index (κ3) is 6.37. The average molecular weight is 464 g/mol. The molecule has 0 spiro atoms. The predicted molar refractivity (Wildman–Crippen MR) is 120 cm³/mol. The summed E-state index contributed by atoms with van der Waals surface area (Å²) in [7, 11) is 0. The lowest BCUT2D eigenvalue weighted by atomic mass is 10.0. The smallest absolute Gasteiger partial charge is 0.394 e. The first-order chi connectivity index (χ1) is 15.1. The van der Waals surface area contributed by atoms with Gasteiger partial charge in [0.25, 0.3) is 0 Å². The van der Waals surface area contributed by atoms with Crippen molar-refractivity contribution in [3.05, 3.63) is 46.0 Å². The lowest BCUT2D eigenvalue weighted by molar-refractivity contribution is -0.147. The van der Waals surface area contributed by atoms with E-state index in [2.05, 4.69) is 5.32 Å². The summed E-state index contributed by atoms with van der Waals surface area (Å²) in [5.74, 6) is -2.20. The van der Waals surface area contributed by atoms with Crippen LogP contribution in [0.5, 0.6) is 17.2 Å². The first-order valence-electron chi connectivity index (χ1n) is 10.1. The monoisotopic (exact) mass is 463 g/mol. The van der Waals surface area contributed by atoms with E-state index in [-0.39, 0.29) is 23.7 Å². The number of carboxylic acid groups (broad SMARTS) is 1. The molecule has 2 aromatic rings. The minimum absolute atomic E-state index is 0.0459. The number of phenols is 1. The van der Waals surface area contributed by atoms with Crippen LogP contribution in [0.2, 0.25) is 5.02 Å². The number of amides is 1. The van der Waals surface area contributed by atoms with Crippen molar-refractivity contribution in [3.63, 3.8) is 0 Å². The number of aromatic hydroxyl groups is 1. The van der Waals surface area contributed by atoms with Gasteiger partial charge in [0.2, 0.25) is 0 Å². The third-order valence-electron chi connectivity index (χ3n) is 4.64. The quantitative estimate of drug-likeness (QED) is 0.271. The molecule has 0 fully saturated rings. The summed E-state index contributed by atoms with van der Waals surface area (Å²) in [6.07, 6.45) is 1.84. The molecule has 0 heterocycles. The summed E-state index contributed by atoms with van der Waals surface area (Å²) in [4.78, 5) is 33.8. The van der Waals surface area contributed by atoms with Crippen molar-refractivity contribution >= 4 is 34.9 Å². The zero-order valence-corrected chi connectivity index (χ0v) is 18.9. The van der Waals surface area contributed by atoms with E-state index in [0.29, 0.717) is 52.8 Å². The first-order valence-corrected chi connectivity index (χ1v) is 10.5. The lowest BCUT2D eigenvalue weighted by Crippen LogP contribution is -2.22. The number of benzene rings is 2. The second kappa shape index (κ2) is 11.4. The van der Waals surface area contributed by atoms with Crippen molar-refractivity contribution in [1.82, 2.24) is 0 Å². The number of ether oxygens (including phenoxy) is 2. The fraction of sp³-hybridized carbons (Fsp3) is 0.348. The normalized spacial score (nSPS) is 10.5. The maximum absolute atomic E-state index is 11.7. The number of nitrogens with one attached hydrogen (secondary N) is 1. The van der Waals surface area contributed by atoms with Crippen molar-refractivity contribution in [2.75, 3.05) is 18.5 Å². The molecule has 2 aromatic carbocycles.